The number of aromatic hydroxyl groups is 1. The van der Waals surface area contributed by atoms with E-state index in [1.165, 1.54) is 0 Å². The van der Waals surface area contributed by atoms with Gasteiger partial charge in [-0.25, -0.2) is 5.90 Å². The van der Waals surface area contributed by atoms with Crippen LogP contribution >= 0.6 is 31.9 Å². The van der Waals surface area contributed by atoms with Crippen LogP contribution in [0.1, 0.15) is 0 Å². The topological polar surface area (TPSA) is 84.6 Å². The summed E-state index contributed by atoms with van der Waals surface area (Å²) in [5, 5.41) is 12.0. The van der Waals surface area contributed by atoms with E-state index >= 15 is 0 Å². The molecular weight excluding hydrogens is 332 g/mol. The Labute approximate surface area is 103 Å². The number of rotatable bonds is 3. The third kappa shape index (κ3) is 3.45. The van der Waals surface area contributed by atoms with E-state index in [9.17, 15) is 9.90 Å². The van der Waals surface area contributed by atoms with Gasteiger partial charge in [0, 0.05) is 4.47 Å². The lowest BCUT2D eigenvalue weighted by atomic mass is 10.3. The maximum absolute atomic E-state index is 11.1. The molecule has 4 N–H and O–H groups in total. The van der Waals surface area contributed by atoms with E-state index in [4.69, 9.17) is 5.90 Å². The molecule has 0 heterocycles. The molecule has 0 unspecified atom stereocenters. The molecule has 0 bridgehead atoms. The fourth-order valence-corrected chi connectivity index (χ4v) is 2.15. The molecule has 0 spiro atoms. The van der Waals surface area contributed by atoms with Crippen molar-refractivity contribution in [2.75, 3.05) is 11.9 Å². The highest BCUT2D eigenvalue weighted by atomic mass is 79.9. The van der Waals surface area contributed by atoms with Gasteiger partial charge >= 0.3 is 0 Å². The Morgan fingerprint density at radius 3 is 2.80 bits per heavy atom. The molecule has 0 radical (unpaired) electrons. The summed E-state index contributed by atoms with van der Waals surface area (Å²) < 4.78 is 1.19. The quantitative estimate of drug-likeness (QED) is 0.578. The smallest absolute Gasteiger partial charge is 0.252 e. The van der Waals surface area contributed by atoms with Gasteiger partial charge in [0.2, 0.25) is 0 Å². The van der Waals surface area contributed by atoms with Crippen molar-refractivity contribution in [3.63, 3.8) is 0 Å². The molecule has 1 amide bonds. The van der Waals surface area contributed by atoms with Gasteiger partial charge in [0.15, 0.2) is 5.75 Å². The monoisotopic (exact) mass is 338 g/mol. The molecule has 15 heavy (non-hydrogen) atoms. The largest absolute Gasteiger partial charge is 0.505 e. The molecule has 82 valence electrons. The number of benzene rings is 1. The van der Waals surface area contributed by atoms with Gasteiger partial charge in [-0.15, -0.1) is 0 Å². The van der Waals surface area contributed by atoms with Gasteiger partial charge in [-0.2, -0.15) is 0 Å². The van der Waals surface area contributed by atoms with E-state index in [1.807, 2.05) is 0 Å². The van der Waals surface area contributed by atoms with Crippen molar-refractivity contribution in [1.29, 1.82) is 0 Å². The van der Waals surface area contributed by atoms with E-state index in [1.54, 1.807) is 12.1 Å². The predicted octanol–water partition coefficient (Wildman–Crippen LogP) is 1.75. The molecular formula is C8H8Br2N2O3. The number of hydrogen-bond acceptors (Lipinski definition) is 4. The van der Waals surface area contributed by atoms with Crippen molar-refractivity contribution in [2.45, 2.75) is 0 Å². The molecule has 0 aliphatic heterocycles. The maximum atomic E-state index is 11.1. The Morgan fingerprint density at radius 2 is 2.20 bits per heavy atom. The lowest BCUT2D eigenvalue weighted by Crippen LogP contribution is -2.20. The van der Waals surface area contributed by atoms with Crippen molar-refractivity contribution in [3.8, 4) is 5.75 Å². The van der Waals surface area contributed by atoms with Crippen LogP contribution in [-0.2, 0) is 9.63 Å². The van der Waals surface area contributed by atoms with Crippen LogP contribution in [0.3, 0.4) is 0 Å². The Bertz CT molecular complexity index is 384. The molecule has 0 aliphatic rings. The minimum absolute atomic E-state index is 0.0522. The van der Waals surface area contributed by atoms with Gasteiger partial charge in [0.1, 0.15) is 6.61 Å². The van der Waals surface area contributed by atoms with E-state index in [0.29, 0.717) is 4.47 Å². The molecule has 0 saturated carbocycles. The molecule has 7 heteroatoms. The molecule has 1 aromatic carbocycles. The van der Waals surface area contributed by atoms with Crippen LogP contribution in [0, 0.1) is 0 Å². The highest BCUT2D eigenvalue weighted by Gasteiger charge is 2.10. The maximum Gasteiger partial charge on any atom is 0.252 e. The van der Waals surface area contributed by atoms with E-state index in [-0.39, 0.29) is 18.0 Å². The zero-order valence-electron chi connectivity index (χ0n) is 7.46. The van der Waals surface area contributed by atoms with Gasteiger partial charge in [-0.05, 0) is 28.1 Å². The Kier molecular flexibility index (Phi) is 4.52. The van der Waals surface area contributed by atoms with E-state index in [2.05, 4.69) is 42.0 Å². The van der Waals surface area contributed by atoms with Crippen molar-refractivity contribution in [3.05, 3.63) is 21.1 Å². The average molecular weight is 340 g/mol. The summed E-state index contributed by atoms with van der Waals surface area (Å²) in [7, 11) is 0. The Morgan fingerprint density at radius 1 is 1.53 bits per heavy atom. The molecule has 0 fully saturated rings. The number of nitrogens with two attached hydrogens (primary N) is 1. The first-order valence-corrected chi connectivity index (χ1v) is 5.42. The van der Waals surface area contributed by atoms with Crippen molar-refractivity contribution < 1.29 is 14.7 Å². The summed E-state index contributed by atoms with van der Waals surface area (Å²) in [6, 6.07) is 3.22. The number of carbonyl (C=O) groups is 1. The molecule has 0 aromatic heterocycles. The first kappa shape index (κ1) is 12.4. The third-order valence-electron chi connectivity index (χ3n) is 1.52. The normalized spacial score (nSPS) is 10.1. The molecule has 1 rings (SSSR count). The Balaban J connectivity index is 2.89. The second kappa shape index (κ2) is 5.45. The summed E-state index contributed by atoms with van der Waals surface area (Å²) in [5.41, 5.74) is 0.276. The average Bonchev–Trinajstić information content (AvgIpc) is 2.13. The number of nitrogens with one attached hydrogen (secondary N) is 1. The lowest BCUT2D eigenvalue weighted by Gasteiger charge is -2.08. The van der Waals surface area contributed by atoms with Crippen LogP contribution < -0.4 is 11.2 Å². The first-order chi connectivity index (χ1) is 7.04. The van der Waals surface area contributed by atoms with Gasteiger partial charge in [0.05, 0.1) is 10.2 Å². The van der Waals surface area contributed by atoms with Gasteiger partial charge in [-0.3, -0.25) is 9.63 Å². The Hall–Kier alpha value is -0.630. The fourth-order valence-electron chi connectivity index (χ4n) is 0.923. The highest BCUT2D eigenvalue weighted by Crippen LogP contribution is 2.35. The zero-order chi connectivity index (χ0) is 11.4. The second-order valence-electron chi connectivity index (χ2n) is 2.64. The second-order valence-corrected chi connectivity index (χ2v) is 4.41. The van der Waals surface area contributed by atoms with Crippen LogP contribution in [-0.4, -0.2) is 17.6 Å². The number of hydrogen-bond donors (Lipinski definition) is 3. The standard InChI is InChI=1S/C8H8Br2N2O3/c9-4-1-5(10)8(14)6(2-4)12-7(13)3-15-11/h1-2,14H,3,11H2,(H,12,13). The van der Waals surface area contributed by atoms with Crippen LogP contribution in [0.15, 0.2) is 21.1 Å². The van der Waals surface area contributed by atoms with Crippen LogP contribution in [0.5, 0.6) is 5.75 Å². The van der Waals surface area contributed by atoms with Crippen molar-refractivity contribution in [1.82, 2.24) is 0 Å². The molecule has 0 atom stereocenters. The van der Waals surface area contributed by atoms with E-state index < -0.39 is 5.91 Å². The number of carbonyl (C=O) groups excluding carboxylic acids is 1. The highest BCUT2D eigenvalue weighted by molar-refractivity contribution is 9.11. The summed E-state index contributed by atoms with van der Waals surface area (Å²) >= 11 is 6.37. The SMILES string of the molecule is NOCC(=O)Nc1cc(Br)cc(Br)c1O. The third-order valence-corrected chi connectivity index (χ3v) is 2.58. The fraction of sp³-hybridized carbons (Fsp3) is 0.125. The summed E-state index contributed by atoms with van der Waals surface area (Å²) in [6.45, 7) is -0.274. The molecule has 0 saturated heterocycles. The minimum Gasteiger partial charge on any atom is -0.505 e. The molecule has 1 aromatic rings. The van der Waals surface area contributed by atoms with E-state index in [0.717, 1.165) is 4.47 Å². The van der Waals surface area contributed by atoms with Gasteiger partial charge in [0.25, 0.3) is 5.91 Å². The molecule has 0 aliphatic carbocycles. The minimum atomic E-state index is -0.446. The lowest BCUT2D eigenvalue weighted by molar-refractivity contribution is -0.120. The summed E-state index contributed by atoms with van der Waals surface area (Å²) in [5.74, 6) is 4.24. The van der Waals surface area contributed by atoms with Crippen LogP contribution in [0.25, 0.3) is 0 Å². The predicted molar refractivity (Wildman–Crippen MR) is 62.3 cm³/mol. The molecule has 5 nitrogen and oxygen atoms in total. The van der Waals surface area contributed by atoms with Gasteiger partial charge in [-0.1, -0.05) is 15.9 Å². The number of halogens is 2. The summed E-state index contributed by atoms with van der Waals surface area (Å²) in [4.78, 5) is 15.3. The van der Waals surface area contributed by atoms with Crippen LogP contribution in [0.4, 0.5) is 5.69 Å². The first-order valence-electron chi connectivity index (χ1n) is 3.84. The number of phenolic OH excluding ortho intramolecular Hbond substituents is 1. The van der Waals surface area contributed by atoms with Crippen LogP contribution in [0.2, 0.25) is 0 Å². The zero-order valence-corrected chi connectivity index (χ0v) is 10.6. The van der Waals surface area contributed by atoms with Gasteiger partial charge < -0.3 is 10.4 Å². The van der Waals surface area contributed by atoms with Crippen molar-refractivity contribution >= 4 is 43.5 Å². The summed E-state index contributed by atoms with van der Waals surface area (Å²) in [6.07, 6.45) is 0. The number of phenols is 1. The number of anilines is 1. The number of amides is 1. The van der Waals surface area contributed by atoms with Crippen molar-refractivity contribution in [2.24, 2.45) is 5.90 Å².